The average molecular weight is 376 g/mol. The maximum Gasteiger partial charge on any atom is 0.310 e. The second kappa shape index (κ2) is 8.58. The highest BCUT2D eigenvalue weighted by atomic mass is 32.2. The zero-order valence-corrected chi connectivity index (χ0v) is 15.8. The van der Waals surface area contributed by atoms with Crippen molar-refractivity contribution in [2.75, 3.05) is 36.9 Å². The Hall–Kier alpha value is -2.02. The average Bonchev–Trinajstić information content (AvgIpc) is 2.67. The Morgan fingerprint density at radius 1 is 1.31 bits per heavy atom. The highest BCUT2D eigenvalue weighted by Crippen LogP contribution is 2.35. The van der Waals surface area contributed by atoms with E-state index in [9.17, 15) is 14.4 Å². The van der Waals surface area contributed by atoms with Crippen LogP contribution >= 0.6 is 11.8 Å². The van der Waals surface area contributed by atoms with Crippen molar-refractivity contribution in [2.24, 2.45) is 5.92 Å². The van der Waals surface area contributed by atoms with E-state index in [-0.39, 0.29) is 30.1 Å². The molecule has 2 heterocycles. The van der Waals surface area contributed by atoms with Gasteiger partial charge in [0, 0.05) is 31.0 Å². The van der Waals surface area contributed by atoms with E-state index in [0.29, 0.717) is 32.0 Å². The Labute approximate surface area is 157 Å². The van der Waals surface area contributed by atoms with Crippen LogP contribution in [-0.2, 0) is 19.1 Å². The van der Waals surface area contributed by atoms with Crippen molar-refractivity contribution in [3.05, 3.63) is 24.3 Å². The summed E-state index contributed by atoms with van der Waals surface area (Å²) in [6, 6.07) is 7.77. The summed E-state index contributed by atoms with van der Waals surface area (Å²) in [6.07, 6.45) is 1.83. The van der Waals surface area contributed by atoms with Crippen LogP contribution < -0.4 is 4.90 Å². The molecule has 0 aromatic heterocycles. The number of thioether (sulfide) groups is 1. The van der Waals surface area contributed by atoms with E-state index in [0.717, 1.165) is 23.4 Å². The maximum atomic E-state index is 12.6. The van der Waals surface area contributed by atoms with E-state index in [2.05, 4.69) is 0 Å². The normalized spacial score (nSPS) is 19.9. The number of carbonyl (C=O) groups is 3. The van der Waals surface area contributed by atoms with Gasteiger partial charge in [0.1, 0.15) is 0 Å². The molecule has 1 saturated heterocycles. The molecule has 0 spiro atoms. The van der Waals surface area contributed by atoms with Gasteiger partial charge >= 0.3 is 5.97 Å². The van der Waals surface area contributed by atoms with Crippen molar-refractivity contribution in [1.82, 2.24) is 4.90 Å². The van der Waals surface area contributed by atoms with Crippen LogP contribution in [0.2, 0.25) is 0 Å². The van der Waals surface area contributed by atoms with Gasteiger partial charge in [-0.2, -0.15) is 0 Å². The Balaban J connectivity index is 1.59. The largest absolute Gasteiger partial charge is 0.466 e. The number of benzene rings is 1. The number of ether oxygens (including phenoxy) is 1. The van der Waals surface area contributed by atoms with Crippen molar-refractivity contribution in [2.45, 2.75) is 31.1 Å². The van der Waals surface area contributed by atoms with Gasteiger partial charge in [0.25, 0.3) is 0 Å². The number of para-hydroxylation sites is 1. The first-order chi connectivity index (χ1) is 12.6. The third kappa shape index (κ3) is 4.20. The summed E-state index contributed by atoms with van der Waals surface area (Å²) < 4.78 is 5.09. The minimum absolute atomic E-state index is 0.0116. The molecule has 1 atom stereocenters. The Bertz CT molecular complexity index is 694. The van der Waals surface area contributed by atoms with Crippen LogP contribution in [0.3, 0.4) is 0 Å². The number of carbonyl (C=O) groups excluding carboxylic acids is 3. The Kier molecular flexibility index (Phi) is 6.19. The van der Waals surface area contributed by atoms with Gasteiger partial charge in [-0.3, -0.25) is 14.4 Å². The van der Waals surface area contributed by atoms with Crippen molar-refractivity contribution in [3.8, 4) is 0 Å². The third-order valence-corrected chi connectivity index (χ3v) is 5.80. The summed E-state index contributed by atoms with van der Waals surface area (Å²) in [4.78, 5) is 41.3. The monoisotopic (exact) mass is 376 g/mol. The van der Waals surface area contributed by atoms with Crippen LogP contribution in [0.25, 0.3) is 0 Å². The first-order valence-electron chi connectivity index (χ1n) is 9.06. The number of esters is 1. The number of piperidine rings is 1. The maximum absolute atomic E-state index is 12.6. The molecular weight excluding hydrogens is 352 g/mol. The molecule has 2 aliphatic rings. The molecule has 140 valence electrons. The van der Waals surface area contributed by atoms with Gasteiger partial charge in [-0.25, -0.2) is 0 Å². The molecular formula is C19H24N2O4S. The van der Waals surface area contributed by atoms with Crippen molar-refractivity contribution >= 4 is 35.2 Å². The first-order valence-corrected chi connectivity index (χ1v) is 10.0. The quantitative estimate of drug-likeness (QED) is 0.738. The van der Waals surface area contributed by atoms with Crippen molar-refractivity contribution in [1.29, 1.82) is 0 Å². The van der Waals surface area contributed by atoms with E-state index in [1.165, 1.54) is 11.8 Å². The third-order valence-electron chi connectivity index (χ3n) is 4.75. The highest BCUT2D eigenvalue weighted by Gasteiger charge is 2.30. The lowest BCUT2D eigenvalue weighted by molar-refractivity contribution is -0.151. The molecule has 2 aliphatic heterocycles. The van der Waals surface area contributed by atoms with Crippen LogP contribution in [0.5, 0.6) is 0 Å². The minimum Gasteiger partial charge on any atom is -0.466 e. The topological polar surface area (TPSA) is 66.9 Å². The van der Waals surface area contributed by atoms with Gasteiger partial charge < -0.3 is 14.5 Å². The molecule has 0 saturated carbocycles. The Morgan fingerprint density at radius 2 is 2.12 bits per heavy atom. The zero-order valence-electron chi connectivity index (χ0n) is 15.0. The Morgan fingerprint density at radius 3 is 2.92 bits per heavy atom. The fourth-order valence-electron chi connectivity index (χ4n) is 3.42. The van der Waals surface area contributed by atoms with Gasteiger partial charge in [0.15, 0.2) is 0 Å². The van der Waals surface area contributed by atoms with Crippen LogP contribution in [0.15, 0.2) is 29.2 Å². The van der Waals surface area contributed by atoms with E-state index >= 15 is 0 Å². The van der Waals surface area contributed by atoms with Crippen LogP contribution in [0.1, 0.15) is 26.2 Å². The molecule has 0 unspecified atom stereocenters. The molecule has 1 aromatic carbocycles. The van der Waals surface area contributed by atoms with Crippen LogP contribution in [0, 0.1) is 5.92 Å². The zero-order chi connectivity index (χ0) is 18.5. The van der Waals surface area contributed by atoms with Gasteiger partial charge in [0.2, 0.25) is 11.8 Å². The summed E-state index contributed by atoms with van der Waals surface area (Å²) in [5, 5.41) is 0. The number of hydrogen-bond donors (Lipinski definition) is 0. The molecule has 0 aliphatic carbocycles. The molecule has 0 bridgehead atoms. The number of nitrogens with zero attached hydrogens (tertiary/aromatic N) is 2. The molecule has 1 aromatic rings. The number of amides is 2. The van der Waals surface area contributed by atoms with Gasteiger partial charge in [-0.05, 0) is 31.9 Å². The van der Waals surface area contributed by atoms with E-state index < -0.39 is 0 Å². The number of hydrogen-bond acceptors (Lipinski definition) is 5. The van der Waals surface area contributed by atoms with E-state index in [4.69, 9.17) is 4.74 Å². The van der Waals surface area contributed by atoms with Crippen molar-refractivity contribution in [3.63, 3.8) is 0 Å². The van der Waals surface area contributed by atoms with Gasteiger partial charge in [-0.1, -0.05) is 12.1 Å². The molecule has 0 N–H and O–H groups in total. The fourth-order valence-corrected chi connectivity index (χ4v) is 4.36. The van der Waals surface area contributed by atoms with Crippen LogP contribution in [-0.4, -0.2) is 54.7 Å². The second-order valence-electron chi connectivity index (χ2n) is 6.48. The lowest BCUT2D eigenvalue weighted by atomic mass is 9.98. The fraction of sp³-hybridized carbons (Fsp3) is 0.526. The molecule has 26 heavy (non-hydrogen) atoms. The first kappa shape index (κ1) is 18.8. The molecule has 3 rings (SSSR count). The smallest absolute Gasteiger partial charge is 0.310 e. The molecule has 1 fully saturated rings. The highest BCUT2D eigenvalue weighted by molar-refractivity contribution is 8.00. The standard InChI is InChI=1S/C19H24N2O4S/c1-2-25-19(24)14-6-5-10-20(12-14)17(22)9-11-21-15-7-3-4-8-16(15)26-13-18(21)23/h3-4,7-8,14H,2,5-6,9-13H2,1H3/t14-/m0/s1. The summed E-state index contributed by atoms with van der Waals surface area (Å²) >= 11 is 1.53. The van der Waals surface area contributed by atoms with E-state index in [1.54, 1.807) is 16.7 Å². The van der Waals surface area contributed by atoms with Crippen LogP contribution in [0.4, 0.5) is 5.69 Å². The second-order valence-corrected chi connectivity index (χ2v) is 7.50. The number of likely N-dealkylation sites (tertiary alicyclic amines) is 1. The predicted octanol–water partition coefficient (Wildman–Crippen LogP) is 2.32. The van der Waals surface area contributed by atoms with Gasteiger partial charge in [-0.15, -0.1) is 11.8 Å². The SMILES string of the molecule is CCOC(=O)[C@H]1CCCN(C(=O)CCN2C(=O)CSc3ccccc32)C1. The molecule has 7 heteroatoms. The van der Waals surface area contributed by atoms with Gasteiger partial charge in [0.05, 0.1) is 24.0 Å². The predicted molar refractivity (Wildman–Crippen MR) is 100 cm³/mol. The molecule has 0 radical (unpaired) electrons. The lowest BCUT2D eigenvalue weighted by Gasteiger charge is -2.33. The molecule has 2 amide bonds. The summed E-state index contributed by atoms with van der Waals surface area (Å²) in [5.74, 6) is -0.0320. The molecule has 6 nitrogen and oxygen atoms in total. The summed E-state index contributed by atoms with van der Waals surface area (Å²) in [6.45, 7) is 3.59. The van der Waals surface area contributed by atoms with Crippen molar-refractivity contribution < 1.29 is 19.1 Å². The minimum atomic E-state index is -0.235. The summed E-state index contributed by atoms with van der Waals surface area (Å²) in [5.41, 5.74) is 0.879. The number of rotatable bonds is 5. The lowest BCUT2D eigenvalue weighted by Crippen LogP contribution is -2.44. The van der Waals surface area contributed by atoms with E-state index in [1.807, 2.05) is 24.3 Å². The number of fused-ring (bicyclic) bond motifs is 1. The number of anilines is 1. The summed E-state index contributed by atoms with van der Waals surface area (Å²) in [7, 11) is 0.